The molecule has 0 bridgehead atoms. The van der Waals surface area contributed by atoms with E-state index in [0.29, 0.717) is 66.0 Å². The first kappa shape index (κ1) is 113. The normalized spacial score (nSPS) is 14.8. The molecule has 17 heteroatoms. The molecule has 0 aromatic heterocycles. The molecule has 2 saturated heterocycles. The molecule has 3 saturated carbocycles. The number of likely N-dealkylation sites (N-methyl/N-ethyl adjacent to an activating group) is 1. The molecule has 9 N–H and O–H groups in total. The summed E-state index contributed by atoms with van der Waals surface area (Å²) in [6.45, 7) is 57.3. The molecule has 0 unspecified atom stereocenters. The standard InChI is InChI=1S/C17H27FN2.C15H22FNO.C15H22FN.C14H23FN2.C14H22FN.C14H21N.C13H19N.C12H19NO/c1-17(2,3)15-10-14(11-16(18)12-15)13-19-6-9-20-7-4-5-8-20;1-11(2)13-7-12(8-14(16)9-13)10-17-15-3-5-18-6-4-15;1-11(2)13-7-12(8-14(16)9-13)10-17-15-5-3-4-6-15;1-11(2)13-7-12(8-14(15)9-13)10-16-5-6-17(3)4;1-10(2)8-16-9-12-5-13(11(3)4)7-14(15)6-12;1-11(2)13-6-3-5-12(9-13)10-15-14-7-4-8-14;1-10(2)12-5-3-4-11(8-12)9-14-13-6-7-13;1-10(2)12-5-3-4-11(8-12)9-13-6-7-14/h10-12,19H,4-9,13H2,1-3H3;7-9,11,15,17H,3-6,10H2,1-2H3;7-9,11,15,17H,3-6,10H2,1-2H3;7-9,11,16H,5-6,10H2,1-4H3;5-7,10-11,16H,8-9H2,1-4H3;3,5-6,9,11,14-15H,4,7-8,10H2,1-2H3;2*3-5,8,10,13-14H,6-7,9H2,1-2H3. The maximum atomic E-state index is 13.7. The molecule has 0 spiro atoms. The molecule has 131 heavy (non-hydrogen) atoms. The highest BCUT2D eigenvalue weighted by Gasteiger charge is 2.22. The summed E-state index contributed by atoms with van der Waals surface area (Å²) < 4.78 is 72.7. The van der Waals surface area contributed by atoms with Gasteiger partial charge in [-0.2, -0.15) is 0 Å². The van der Waals surface area contributed by atoms with Gasteiger partial charge in [-0.05, 0) is 300 Å². The Morgan fingerprint density at radius 2 is 0.656 bits per heavy atom. The maximum Gasteiger partial charge on any atom is 0.123 e. The van der Waals surface area contributed by atoms with E-state index in [1.807, 2.05) is 14.1 Å². The molecule has 0 radical (unpaired) electrons. The van der Waals surface area contributed by atoms with Crippen molar-refractivity contribution in [3.63, 3.8) is 0 Å². The third-order valence-corrected chi connectivity index (χ3v) is 24.6. The van der Waals surface area contributed by atoms with E-state index in [1.165, 1.54) is 117 Å². The van der Waals surface area contributed by atoms with Gasteiger partial charge in [0.2, 0.25) is 0 Å². The van der Waals surface area contributed by atoms with Crippen LogP contribution >= 0.6 is 0 Å². The third kappa shape index (κ3) is 48.3. The van der Waals surface area contributed by atoms with Gasteiger partial charge in [0.05, 0.1) is 6.61 Å². The van der Waals surface area contributed by atoms with E-state index in [0.717, 1.165) is 179 Å². The molecule has 2 aliphatic heterocycles. The van der Waals surface area contributed by atoms with Crippen molar-refractivity contribution in [3.05, 3.63) is 282 Å². The van der Waals surface area contributed by atoms with Crippen molar-refractivity contribution in [3.8, 4) is 0 Å². The van der Waals surface area contributed by atoms with Crippen LogP contribution < -0.4 is 42.5 Å². The molecule has 0 atom stereocenters. The molecule has 5 fully saturated rings. The van der Waals surface area contributed by atoms with Gasteiger partial charge in [-0.15, -0.1) is 0 Å². The van der Waals surface area contributed by atoms with E-state index < -0.39 is 0 Å². The highest BCUT2D eigenvalue weighted by Crippen LogP contribution is 2.29. The van der Waals surface area contributed by atoms with Crippen LogP contribution in [0.25, 0.3) is 0 Å². The summed E-state index contributed by atoms with van der Waals surface area (Å²) in [6.07, 6.45) is 16.8. The second-order valence-electron chi connectivity index (χ2n) is 40.9. The zero-order valence-corrected chi connectivity index (χ0v) is 84.8. The van der Waals surface area contributed by atoms with Crippen LogP contribution in [0.15, 0.2) is 164 Å². The highest BCUT2D eigenvalue weighted by atomic mass is 19.1. The smallest absolute Gasteiger partial charge is 0.123 e. The van der Waals surface area contributed by atoms with Gasteiger partial charge in [0.1, 0.15) is 29.1 Å². The van der Waals surface area contributed by atoms with Crippen molar-refractivity contribution in [2.75, 3.05) is 86.3 Å². The van der Waals surface area contributed by atoms with Crippen LogP contribution in [-0.2, 0) is 62.5 Å². The van der Waals surface area contributed by atoms with Gasteiger partial charge in [-0.1, -0.05) is 254 Å². The van der Waals surface area contributed by atoms with Crippen LogP contribution in [0.1, 0.15) is 345 Å². The maximum absolute atomic E-state index is 13.7. The Balaban J connectivity index is 0.000000231. The predicted molar refractivity (Wildman–Crippen MR) is 546 cm³/mol. The van der Waals surface area contributed by atoms with E-state index >= 15 is 0 Å². The lowest BCUT2D eigenvalue weighted by molar-refractivity contribution is 0.0776. The van der Waals surface area contributed by atoms with Crippen LogP contribution in [0.4, 0.5) is 22.0 Å². The lowest BCUT2D eigenvalue weighted by Crippen LogP contribution is -2.34. The monoisotopic (exact) mass is 1810 g/mol. The minimum Gasteiger partial charge on any atom is -0.395 e. The number of hydrogen-bond donors (Lipinski definition) is 9. The number of nitrogens with zero attached hydrogens (tertiary/aromatic N) is 2. The molecule has 8 aromatic rings. The second kappa shape index (κ2) is 61.8. The summed E-state index contributed by atoms with van der Waals surface area (Å²) in [4.78, 5) is 4.61. The van der Waals surface area contributed by atoms with Gasteiger partial charge in [-0.25, -0.2) is 22.0 Å². The van der Waals surface area contributed by atoms with Gasteiger partial charge in [0.25, 0.3) is 0 Å². The summed E-state index contributed by atoms with van der Waals surface area (Å²) in [6, 6.07) is 55.9. The van der Waals surface area contributed by atoms with E-state index in [4.69, 9.17) is 9.84 Å². The third-order valence-electron chi connectivity index (χ3n) is 24.6. The van der Waals surface area contributed by atoms with Gasteiger partial charge >= 0.3 is 0 Å². The number of aliphatic hydroxyl groups excluding tert-OH is 1. The summed E-state index contributed by atoms with van der Waals surface area (Å²) >= 11 is 0. The zero-order valence-electron chi connectivity index (χ0n) is 84.8. The van der Waals surface area contributed by atoms with Crippen molar-refractivity contribution < 1.29 is 31.8 Å². The average Bonchev–Trinajstić information content (AvgIpc) is 1.39. The lowest BCUT2D eigenvalue weighted by Gasteiger charge is -2.26. The van der Waals surface area contributed by atoms with Crippen molar-refractivity contribution in [2.45, 2.75) is 338 Å². The van der Waals surface area contributed by atoms with E-state index in [9.17, 15) is 22.0 Å². The van der Waals surface area contributed by atoms with E-state index in [2.05, 4.69) is 287 Å². The average molecular weight is 1810 g/mol. The Labute approximate surface area is 792 Å². The molecule has 12 nitrogen and oxygen atoms in total. The molecule has 2 heterocycles. The molecule has 3 aliphatic carbocycles. The van der Waals surface area contributed by atoms with Crippen LogP contribution in [0.2, 0.25) is 0 Å². The first-order valence-electron chi connectivity index (χ1n) is 50.0. The van der Waals surface area contributed by atoms with Crippen molar-refractivity contribution in [1.29, 1.82) is 0 Å². The second-order valence-corrected chi connectivity index (χ2v) is 40.9. The number of aliphatic hydroxyl groups is 1. The summed E-state index contributed by atoms with van der Waals surface area (Å²) in [5.74, 6) is 3.31. The van der Waals surface area contributed by atoms with Crippen molar-refractivity contribution in [2.24, 2.45) is 5.92 Å². The number of nitrogens with one attached hydrogen (secondary N) is 8. The molecule has 0 amide bonds. The Kier molecular flexibility index (Phi) is 53.2. The Morgan fingerprint density at radius 3 is 1.01 bits per heavy atom. The van der Waals surface area contributed by atoms with Crippen LogP contribution in [-0.4, -0.2) is 125 Å². The number of hydrogen-bond acceptors (Lipinski definition) is 12. The predicted octanol–water partition coefficient (Wildman–Crippen LogP) is 25.2. The fraction of sp³-hybridized carbons (Fsp3) is 0.579. The zero-order chi connectivity index (χ0) is 95.8. The van der Waals surface area contributed by atoms with Gasteiger partial charge < -0.3 is 62.2 Å². The van der Waals surface area contributed by atoms with Gasteiger partial charge in [-0.3, -0.25) is 0 Å². The molecular formula is C114H175F5N10O2. The van der Waals surface area contributed by atoms with Crippen molar-refractivity contribution in [1.82, 2.24) is 52.3 Å². The molecule has 13 rings (SSSR count). The quantitative estimate of drug-likeness (QED) is 0.0136. The minimum absolute atomic E-state index is 0.00754. The minimum atomic E-state index is -0.138. The van der Waals surface area contributed by atoms with Gasteiger partial charge in [0, 0.05) is 122 Å². The van der Waals surface area contributed by atoms with Gasteiger partial charge in [0.15, 0.2) is 0 Å². The number of ether oxygens (including phenoxy) is 1. The fourth-order valence-corrected chi connectivity index (χ4v) is 15.6. The fourth-order valence-electron chi connectivity index (χ4n) is 15.6. The first-order chi connectivity index (χ1) is 62.5. The Bertz CT molecular complexity index is 4420. The number of halogens is 5. The highest BCUT2D eigenvalue weighted by molar-refractivity contribution is 5.34. The number of benzene rings is 8. The Hall–Kier alpha value is -7.07. The lowest BCUT2D eigenvalue weighted by atomic mass is 9.86. The molecule has 5 aliphatic rings. The van der Waals surface area contributed by atoms with E-state index in [1.54, 1.807) is 60.7 Å². The Morgan fingerprint density at radius 1 is 0.344 bits per heavy atom. The first-order valence-corrected chi connectivity index (χ1v) is 50.0. The molecule has 728 valence electrons. The number of rotatable bonds is 37. The molecular weight excluding hydrogens is 1640 g/mol. The van der Waals surface area contributed by atoms with Crippen LogP contribution in [0.5, 0.6) is 0 Å². The topological polar surface area (TPSA) is 132 Å². The molecule has 8 aromatic carbocycles. The van der Waals surface area contributed by atoms with Crippen LogP contribution in [0.3, 0.4) is 0 Å². The SMILES string of the molecule is CC(C)(C)c1cc(F)cc(CNCCN2CCCC2)c1.CC(C)CNCc1cc(F)cc(C(C)C)c1.CC(C)c1cc(F)cc(CNC2CCCC2)c1.CC(C)c1cc(F)cc(CNC2CCOCC2)c1.CC(C)c1cc(F)cc(CNCCN(C)C)c1.CC(C)c1cccc(CNC2CC2)c1.CC(C)c1cccc(CNC2CCC2)c1.CC(C)c1cccc(CNCCO)c1. The largest absolute Gasteiger partial charge is 0.395 e. The summed E-state index contributed by atoms with van der Waals surface area (Å²) in [7, 11) is 4.08. The number of likely N-dealkylation sites (tertiary alicyclic amines) is 1. The van der Waals surface area contributed by atoms with Crippen molar-refractivity contribution >= 4 is 0 Å². The summed E-state index contributed by atoms with van der Waals surface area (Å²) in [5.41, 5.74) is 18.9. The summed E-state index contributed by atoms with van der Waals surface area (Å²) in [5, 5.41) is 36.0. The van der Waals surface area contributed by atoms with E-state index in [-0.39, 0.29) is 41.1 Å². The van der Waals surface area contributed by atoms with Crippen LogP contribution in [0, 0.1) is 35.0 Å².